The van der Waals surface area contributed by atoms with E-state index in [1.54, 1.807) is 6.07 Å². The topological polar surface area (TPSA) is 58.3 Å². The normalized spacial score (nSPS) is 12.1. The molecule has 0 heterocycles. The number of hydrogen-bond acceptors (Lipinski definition) is 3. The van der Waals surface area contributed by atoms with E-state index >= 15 is 0 Å². The summed E-state index contributed by atoms with van der Waals surface area (Å²) in [5.41, 5.74) is 9.53. The molecule has 0 bridgehead atoms. The van der Waals surface area contributed by atoms with Gasteiger partial charge in [-0.2, -0.15) is 0 Å². The molecule has 0 aliphatic heterocycles. The first kappa shape index (κ1) is 13.4. The van der Waals surface area contributed by atoms with Crippen LogP contribution in [0, 0.1) is 0 Å². The van der Waals surface area contributed by atoms with Crippen molar-refractivity contribution in [1.82, 2.24) is 0 Å². The van der Waals surface area contributed by atoms with Crippen LogP contribution in [-0.2, 0) is 6.42 Å². The fourth-order valence-electron chi connectivity index (χ4n) is 1.96. The van der Waals surface area contributed by atoms with Crippen LogP contribution in [0.2, 0.25) is 0 Å². The second kappa shape index (κ2) is 6.25. The van der Waals surface area contributed by atoms with E-state index in [-0.39, 0.29) is 0 Å². The summed E-state index contributed by atoms with van der Waals surface area (Å²) in [4.78, 5) is 0. The van der Waals surface area contributed by atoms with Gasteiger partial charge in [-0.3, -0.25) is 0 Å². The number of rotatable bonds is 5. The average Bonchev–Trinajstić information content (AvgIpc) is 2.45. The first-order valence-electron chi connectivity index (χ1n) is 6.55. The molecule has 1 unspecified atom stereocenters. The average molecular weight is 256 g/mol. The Morgan fingerprint density at radius 3 is 2.53 bits per heavy atom. The highest BCUT2D eigenvalue weighted by Crippen LogP contribution is 2.17. The number of nitrogens with one attached hydrogen (secondary N) is 1. The zero-order valence-corrected chi connectivity index (χ0v) is 11.1. The first-order valence-corrected chi connectivity index (χ1v) is 6.55. The molecule has 0 aliphatic rings. The molecule has 0 spiro atoms. The van der Waals surface area contributed by atoms with Crippen LogP contribution >= 0.6 is 0 Å². The summed E-state index contributed by atoms with van der Waals surface area (Å²) in [7, 11) is 0. The van der Waals surface area contributed by atoms with Gasteiger partial charge >= 0.3 is 0 Å². The third-order valence-corrected chi connectivity index (χ3v) is 3.16. The van der Waals surface area contributed by atoms with Gasteiger partial charge in [-0.1, -0.05) is 31.2 Å². The van der Waals surface area contributed by atoms with Crippen LogP contribution in [0.4, 0.5) is 11.4 Å². The Morgan fingerprint density at radius 2 is 1.89 bits per heavy atom. The molecular formula is C16H20N2O. The summed E-state index contributed by atoms with van der Waals surface area (Å²) in [5.74, 6) is 0. The lowest BCUT2D eigenvalue weighted by Gasteiger charge is -2.14. The maximum absolute atomic E-state index is 10.1. The molecule has 0 fully saturated rings. The largest absolute Gasteiger partial charge is 0.399 e. The second-order valence-corrected chi connectivity index (χ2v) is 4.62. The number of aliphatic hydroxyl groups is 1. The SMILES string of the molecule is CCc1ccc(NCC(O)c2cccc(N)c2)cc1. The van der Waals surface area contributed by atoms with Gasteiger partial charge < -0.3 is 16.2 Å². The van der Waals surface area contributed by atoms with Crippen molar-refractivity contribution in [3.05, 3.63) is 59.7 Å². The van der Waals surface area contributed by atoms with Crippen molar-refractivity contribution in [2.45, 2.75) is 19.4 Å². The van der Waals surface area contributed by atoms with E-state index in [2.05, 4.69) is 24.4 Å². The van der Waals surface area contributed by atoms with E-state index < -0.39 is 6.10 Å². The molecule has 4 N–H and O–H groups in total. The van der Waals surface area contributed by atoms with E-state index in [1.165, 1.54) is 5.56 Å². The monoisotopic (exact) mass is 256 g/mol. The Kier molecular flexibility index (Phi) is 4.42. The van der Waals surface area contributed by atoms with Crippen LogP contribution in [0.5, 0.6) is 0 Å². The Morgan fingerprint density at radius 1 is 1.16 bits per heavy atom. The summed E-state index contributed by atoms with van der Waals surface area (Å²) in [6.07, 6.45) is 0.473. The molecule has 0 radical (unpaired) electrons. The lowest BCUT2D eigenvalue weighted by molar-refractivity contribution is 0.191. The highest BCUT2D eigenvalue weighted by Gasteiger charge is 2.07. The van der Waals surface area contributed by atoms with Crippen molar-refractivity contribution in [3.63, 3.8) is 0 Å². The van der Waals surface area contributed by atoms with Crippen LogP contribution in [0.25, 0.3) is 0 Å². The molecular weight excluding hydrogens is 236 g/mol. The summed E-state index contributed by atoms with van der Waals surface area (Å²) < 4.78 is 0. The highest BCUT2D eigenvalue weighted by molar-refractivity contribution is 5.46. The van der Waals surface area contributed by atoms with Crippen LogP contribution in [0.15, 0.2) is 48.5 Å². The van der Waals surface area contributed by atoms with E-state index in [9.17, 15) is 5.11 Å². The zero-order valence-electron chi connectivity index (χ0n) is 11.1. The molecule has 19 heavy (non-hydrogen) atoms. The predicted octanol–water partition coefficient (Wildman–Crippen LogP) is 2.98. The van der Waals surface area contributed by atoms with Gasteiger partial charge in [-0.15, -0.1) is 0 Å². The maximum atomic E-state index is 10.1. The Labute approximate surface area is 114 Å². The van der Waals surface area contributed by atoms with Crippen molar-refractivity contribution in [2.75, 3.05) is 17.6 Å². The van der Waals surface area contributed by atoms with Crippen molar-refractivity contribution in [3.8, 4) is 0 Å². The quantitative estimate of drug-likeness (QED) is 0.721. The molecule has 3 heteroatoms. The number of aryl methyl sites for hydroxylation is 1. The Bertz CT molecular complexity index is 523. The van der Waals surface area contributed by atoms with Crippen LogP contribution in [-0.4, -0.2) is 11.7 Å². The number of nitrogens with two attached hydrogens (primary N) is 1. The summed E-state index contributed by atoms with van der Waals surface area (Å²) >= 11 is 0. The van der Waals surface area contributed by atoms with Gasteiger partial charge in [0.1, 0.15) is 0 Å². The molecule has 3 nitrogen and oxygen atoms in total. The molecule has 0 aliphatic carbocycles. The smallest absolute Gasteiger partial charge is 0.0963 e. The fourth-order valence-corrected chi connectivity index (χ4v) is 1.96. The minimum atomic E-state index is -0.561. The zero-order chi connectivity index (χ0) is 13.7. The van der Waals surface area contributed by atoms with E-state index in [0.29, 0.717) is 12.2 Å². The Hall–Kier alpha value is -2.00. The molecule has 1 atom stereocenters. The lowest BCUT2D eigenvalue weighted by atomic mass is 10.1. The van der Waals surface area contributed by atoms with Gasteiger partial charge in [0.25, 0.3) is 0 Å². The van der Waals surface area contributed by atoms with E-state index in [1.807, 2.05) is 30.3 Å². The minimum absolute atomic E-state index is 0.467. The lowest BCUT2D eigenvalue weighted by Crippen LogP contribution is -2.12. The van der Waals surface area contributed by atoms with Gasteiger partial charge in [-0.25, -0.2) is 0 Å². The summed E-state index contributed by atoms with van der Waals surface area (Å²) in [5, 5.41) is 13.3. The van der Waals surface area contributed by atoms with Crippen LogP contribution < -0.4 is 11.1 Å². The number of hydrogen-bond donors (Lipinski definition) is 3. The third kappa shape index (κ3) is 3.73. The van der Waals surface area contributed by atoms with E-state index in [0.717, 1.165) is 17.7 Å². The van der Waals surface area contributed by atoms with E-state index in [4.69, 9.17) is 5.73 Å². The van der Waals surface area contributed by atoms with Crippen molar-refractivity contribution in [1.29, 1.82) is 0 Å². The number of benzene rings is 2. The molecule has 2 aromatic rings. The first-order chi connectivity index (χ1) is 9.19. The molecule has 0 saturated carbocycles. The maximum Gasteiger partial charge on any atom is 0.0963 e. The van der Waals surface area contributed by atoms with Crippen molar-refractivity contribution in [2.24, 2.45) is 0 Å². The van der Waals surface area contributed by atoms with Crippen LogP contribution in [0.3, 0.4) is 0 Å². The Balaban J connectivity index is 1.94. The molecule has 0 aromatic heterocycles. The fraction of sp³-hybridized carbons (Fsp3) is 0.250. The number of nitrogen functional groups attached to an aromatic ring is 1. The van der Waals surface area contributed by atoms with Gasteiger partial charge in [0.05, 0.1) is 6.10 Å². The third-order valence-electron chi connectivity index (χ3n) is 3.16. The minimum Gasteiger partial charge on any atom is -0.399 e. The van der Waals surface area contributed by atoms with Gasteiger partial charge in [0, 0.05) is 17.9 Å². The second-order valence-electron chi connectivity index (χ2n) is 4.62. The van der Waals surface area contributed by atoms with Gasteiger partial charge in [0.2, 0.25) is 0 Å². The van der Waals surface area contributed by atoms with Crippen molar-refractivity contribution >= 4 is 11.4 Å². The molecule has 100 valence electrons. The van der Waals surface area contributed by atoms with Crippen LogP contribution in [0.1, 0.15) is 24.2 Å². The van der Waals surface area contributed by atoms with Gasteiger partial charge in [-0.05, 0) is 41.8 Å². The number of aliphatic hydroxyl groups excluding tert-OH is 1. The number of anilines is 2. The molecule has 0 saturated heterocycles. The molecule has 2 aromatic carbocycles. The predicted molar refractivity (Wildman–Crippen MR) is 80.1 cm³/mol. The standard InChI is InChI=1S/C16H20N2O/c1-2-12-6-8-15(9-7-12)18-11-16(19)13-4-3-5-14(17)10-13/h3-10,16,18-19H,2,11,17H2,1H3. The summed E-state index contributed by atoms with van der Waals surface area (Å²) in [6.45, 7) is 2.60. The van der Waals surface area contributed by atoms with Crippen molar-refractivity contribution < 1.29 is 5.11 Å². The summed E-state index contributed by atoms with van der Waals surface area (Å²) in [6, 6.07) is 15.6. The molecule has 0 amide bonds. The van der Waals surface area contributed by atoms with Gasteiger partial charge in [0.15, 0.2) is 0 Å². The highest BCUT2D eigenvalue weighted by atomic mass is 16.3. The molecule has 2 rings (SSSR count).